The molecule has 9 heteroatoms. The number of fused-ring (bicyclic) bond motifs is 1. The van der Waals surface area contributed by atoms with E-state index in [0.717, 1.165) is 54.2 Å². The zero-order valence-corrected chi connectivity index (χ0v) is 19.0. The number of anilines is 2. The number of rotatable bonds is 4. The van der Waals surface area contributed by atoms with Crippen LogP contribution in [0.25, 0.3) is 16.7 Å². The summed E-state index contributed by atoms with van der Waals surface area (Å²) in [6.07, 6.45) is 3.47. The highest BCUT2D eigenvalue weighted by Gasteiger charge is 2.24. The summed E-state index contributed by atoms with van der Waals surface area (Å²) in [5, 5.41) is 12.1. The number of urea groups is 1. The van der Waals surface area contributed by atoms with E-state index >= 15 is 0 Å². The van der Waals surface area contributed by atoms with Crippen molar-refractivity contribution < 1.29 is 4.79 Å². The largest absolute Gasteiger partial charge is 0.356 e. The van der Waals surface area contributed by atoms with Gasteiger partial charge < -0.3 is 15.5 Å². The third-order valence-electron chi connectivity index (χ3n) is 5.73. The molecule has 4 aromatic rings. The van der Waals surface area contributed by atoms with Gasteiger partial charge in [-0.05, 0) is 50.1 Å². The van der Waals surface area contributed by atoms with Crippen molar-refractivity contribution >= 4 is 40.2 Å². The number of hydrogen-bond acceptors (Lipinski definition) is 5. The molecule has 3 heterocycles. The number of hydrogen-bond donors (Lipinski definition) is 2. The molecule has 0 aliphatic carbocycles. The van der Waals surface area contributed by atoms with Gasteiger partial charge in [-0.2, -0.15) is 5.10 Å². The van der Waals surface area contributed by atoms with Crippen molar-refractivity contribution in [3.8, 4) is 5.69 Å². The van der Waals surface area contributed by atoms with Gasteiger partial charge >= 0.3 is 6.03 Å². The van der Waals surface area contributed by atoms with Crippen LogP contribution in [0, 0.1) is 6.92 Å². The van der Waals surface area contributed by atoms with Crippen molar-refractivity contribution in [3.63, 3.8) is 0 Å². The topological polar surface area (TPSA) is 88.0 Å². The van der Waals surface area contributed by atoms with Gasteiger partial charge in [0.15, 0.2) is 5.65 Å². The predicted octanol–water partition coefficient (Wildman–Crippen LogP) is 4.57. The number of aromatic nitrogens is 4. The first-order valence-electron chi connectivity index (χ1n) is 10.9. The van der Waals surface area contributed by atoms with Gasteiger partial charge in [-0.25, -0.2) is 19.4 Å². The smallest absolute Gasteiger partial charge is 0.319 e. The molecule has 0 radical (unpaired) electrons. The molecule has 8 nitrogen and oxygen atoms in total. The van der Waals surface area contributed by atoms with Crippen molar-refractivity contribution in [2.45, 2.75) is 25.8 Å². The fourth-order valence-corrected chi connectivity index (χ4v) is 4.33. The summed E-state index contributed by atoms with van der Waals surface area (Å²) >= 11 is 6.18. The number of amides is 2. The Morgan fingerprint density at radius 1 is 1.06 bits per heavy atom. The molecule has 0 unspecified atom stereocenters. The lowest BCUT2D eigenvalue weighted by Crippen LogP contribution is -2.46. The molecular formula is C24H24ClN7O. The molecule has 1 saturated heterocycles. The fraction of sp³-hybridized carbons (Fsp3) is 0.250. The van der Waals surface area contributed by atoms with E-state index in [1.807, 2.05) is 67.7 Å². The number of para-hydroxylation sites is 1. The normalized spacial score (nSPS) is 14.4. The molecule has 168 valence electrons. The second-order valence-corrected chi connectivity index (χ2v) is 8.53. The number of benzene rings is 2. The lowest BCUT2D eigenvalue weighted by molar-refractivity contribution is 0.246. The Kier molecular flexibility index (Phi) is 5.83. The van der Waals surface area contributed by atoms with Crippen LogP contribution in [-0.4, -0.2) is 44.9 Å². The molecule has 2 aromatic heterocycles. The van der Waals surface area contributed by atoms with E-state index in [1.165, 1.54) is 0 Å². The number of aryl methyl sites for hydroxylation is 1. The van der Waals surface area contributed by atoms with E-state index in [1.54, 1.807) is 4.68 Å². The van der Waals surface area contributed by atoms with Gasteiger partial charge in [-0.15, -0.1) is 0 Å². The molecule has 0 saturated carbocycles. The van der Waals surface area contributed by atoms with Crippen molar-refractivity contribution in [2.24, 2.45) is 0 Å². The molecule has 2 amide bonds. The number of carbonyl (C=O) groups is 1. The first kappa shape index (κ1) is 21.2. The monoisotopic (exact) mass is 461 g/mol. The number of nitrogens with zero attached hydrogens (tertiary/aromatic N) is 5. The average molecular weight is 462 g/mol. The standard InChI is InChI=1S/C24H24ClN7O/c1-16-27-22(21-15-26-32(23(21)28-16)20-9-5-6-17(25)14-20)31-12-10-19(11-13-31)30-24(33)29-18-7-3-2-4-8-18/h2-9,14-15,19H,10-13H2,1H3,(H2,29,30,33). The summed E-state index contributed by atoms with van der Waals surface area (Å²) < 4.78 is 1.79. The Morgan fingerprint density at radius 2 is 1.85 bits per heavy atom. The zero-order valence-electron chi connectivity index (χ0n) is 18.2. The maximum Gasteiger partial charge on any atom is 0.319 e. The summed E-state index contributed by atoms with van der Waals surface area (Å²) in [6, 6.07) is 16.9. The first-order valence-corrected chi connectivity index (χ1v) is 11.3. The highest BCUT2D eigenvalue weighted by Crippen LogP contribution is 2.28. The van der Waals surface area contributed by atoms with Crippen LogP contribution < -0.4 is 15.5 Å². The van der Waals surface area contributed by atoms with Crippen LogP contribution in [0.4, 0.5) is 16.3 Å². The average Bonchev–Trinajstić information content (AvgIpc) is 3.23. The molecule has 0 bridgehead atoms. The number of carbonyl (C=O) groups excluding carboxylic acids is 1. The molecule has 0 atom stereocenters. The van der Waals surface area contributed by atoms with Gasteiger partial charge in [-0.3, -0.25) is 0 Å². The van der Waals surface area contributed by atoms with Gasteiger partial charge in [0.2, 0.25) is 0 Å². The van der Waals surface area contributed by atoms with Crippen LogP contribution in [0.15, 0.2) is 60.8 Å². The minimum Gasteiger partial charge on any atom is -0.356 e. The number of halogens is 1. The number of piperidine rings is 1. The van der Waals surface area contributed by atoms with Crippen LogP contribution in [0.1, 0.15) is 18.7 Å². The minimum absolute atomic E-state index is 0.109. The Morgan fingerprint density at radius 3 is 2.61 bits per heavy atom. The van der Waals surface area contributed by atoms with Gasteiger partial charge in [0.25, 0.3) is 0 Å². The van der Waals surface area contributed by atoms with Gasteiger partial charge in [-0.1, -0.05) is 35.9 Å². The second kappa shape index (κ2) is 9.07. The summed E-state index contributed by atoms with van der Waals surface area (Å²) in [7, 11) is 0. The van der Waals surface area contributed by atoms with E-state index < -0.39 is 0 Å². The quantitative estimate of drug-likeness (QED) is 0.465. The van der Waals surface area contributed by atoms with Crippen LogP contribution in [-0.2, 0) is 0 Å². The Balaban J connectivity index is 1.30. The first-order chi connectivity index (χ1) is 16.1. The van der Waals surface area contributed by atoms with Crippen molar-refractivity contribution in [1.29, 1.82) is 0 Å². The molecule has 33 heavy (non-hydrogen) atoms. The van der Waals surface area contributed by atoms with E-state index in [2.05, 4.69) is 25.6 Å². The summed E-state index contributed by atoms with van der Waals surface area (Å²) in [5.74, 6) is 1.56. The molecule has 1 aliphatic heterocycles. The van der Waals surface area contributed by atoms with Crippen molar-refractivity contribution in [3.05, 3.63) is 71.6 Å². The van der Waals surface area contributed by atoms with E-state index in [-0.39, 0.29) is 12.1 Å². The second-order valence-electron chi connectivity index (χ2n) is 8.09. The number of nitrogens with one attached hydrogen (secondary N) is 2. The van der Waals surface area contributed by atoms with Crippen LogP contribution in [0.2, 0.25) is 5.02 Å². The van der Waals surface area contributed by atoms with E-state index in [4.69, 9.17) is 16.6 Å². The molecular weight excluding hydrogens is 438 g/mol. The summed E-state index contributed by atoms with van der Waals surface area (Å²) in [6.45, 7) is 3.45. The highest BCUT2D eigenvalue weighted by molar-refractivity contribution is 6.30. The fourth-order valence-electron chi connectivity index (χ4n) is 4.15. The Labute approximate surface area is 196 Å². The van der Waals surface area contributed by atoms with Gasteiger partial charge in [0.05, 0.1) is 17.3 Å². The van der Waals surface area contributed by atoms with Crippen molar-refractivity contribution in [2.75, 3.05) is 23.3 Å². The Bertz CT molecular complexity index is 1280. The maximum atomic E-state index is 12.3. The summed E-state index contributed by atoms with van der Waals surface area (Å²) in [4.78, 5) is 24.0. The summed E-state index contributed by atoms with van der Waals surface area (Å²) in [5.41, 5.74) is 2.39. The van der Waals surface area contributed by atoms with Crippen molar-refractivity contribution in [1.82, 2.24) is 25.1 Å². The van der Waals surface area contributed by atoms with Gasteiger partial charge in [0.1, 0.15) is 11.6 Å². The third-order valence-corrected chi connectivity index (χ3v) is 5.97. The predicted molar refractivity (Wildman–Crippen MR) is 130 cm³/mol. The Hall–Kier alpha value is -3.65. The lowest BCUT2D eigenvalue weighted by atomic mass is 10.0. The maximum absolute atomic E-state index is 12.3. The van der Waals surface area contributed by atoms with E-state index in [9.17, 15) is 4.79 Å². The molecule has 2 aromatic carbocycles. The van der Waals surface area contributed by atoms with Gasteiger partial charge in [0, 0.05) is 29.8 Å². The van der Waals surface area contributed by atoms with Crippen LogP contribution in [0.3, 0.4) is 0 Å². The molecule has 1 aliphatic rings. The lowest BCUT2D eigenvalue weighted by Gasteiger charge is -2.33. The third kappa shape index (κ3) is 4.61. The molecule has 5 rings (SSSR count). The van der Waals surface area contributed by atoms with Crippen LogP contribution >= 0.6 is 11.6 Å². The SMILES string of the molecule is Cc1nc(N2CCC(NC(=O)Nc3ccccc3)CC2)c2cnn(-c3cccc(Cl)c3)c2n1. The minimum atomic E-state index is -0.178. The van der Waals surface area contributed by atoms with Crippen LogP contribution in [0.5, 0.6) is 0 Å². The zero-order chi connectivity index (χ0) is 22.8. The molecule has 0 spiro atoms. The molecule has 2 N–H and O–H groups in total. The highest BCUT2D eigenvalue weighted by atomic mass is 35.5. The van der Waals surface area contributed by atoms with E-state index in [0.29, 0.717) is 10.8 Å². The molecule has 1 fully saturated rings.